The Morgan fingerprint density at radius 3 is 2.37 bits per heavy atom. The van der Waals surface area contributed by atoms with E-state index in [1.54, 1.807) is 5.56 Å². The van der Waals surface area contributed by atoms with Crippen molar-refractivity contribution in [2.45, 2.75) is 43.6 Å². The summed E-state index contributed by atoms with van der Waals surface area (Å²) < 4.78 is 5.90. The largest absolute Gasteiger partial charge is 0.491 e. The second-order valence-corrected chi connectivity index (χ2v) is 9.79. The average Bonchev–Trinajstić information content (AvgIpc) is 3.07. The van der Waals surface area contributed by atoms with Gasteiger partial charge in [-0.25, -0.2) is 0 Å². The Bertz CT molecular complexity index is 639. The molecule has 0 radical (unpaired) electrons. The third-order valence-electron chi connectivity index (χ3n) is 7.93. The topological polar surface area (TPSA) is 35.9 Å². The minimum absolute atomic E-state index is 0.379. The van der Waals surface area contributed by atoms with Crippen LogP contribution in [0.3, 0.4) is 0 Å². The molecule has 3 unspecified atom stereocenters. The number of piperazine rings is 1. The Morgan fingerprint density at radius 1 is 1.04 bits per heavy atom. The fraction of sp³-hybridized carbons (Fsp3) is 0.739. The Morgan fingerprint density at radius 2 is 1.70 bits per heavy atom. The van der Waals surface area contributed by atoms with Gasteiger partial charge in [0.25, 0.3) is 0 Å². The van der Waals surface area contributed by atoms with Crippen molar-refractivity contribution in [2.75, 3.05) is 46.4 Å². The van der Waals surface area contributed by atoms with Crippen LogP contribution in [0.15, 0.2) is 24.3 Å². The number of ether oxygens (including phenoxy) is 1. The van der Waals surface area contributed by atoms with E-state index in [9.17, 15) is 5.11 Å². The molecule has 1 aromatic rings. The SMILES string of the molecule is CN1CCN(CC(O)COc2ccc(C34CC5CC(CC3C5)C4)cc2)CC1. The van der Waals surface area contributed by atoms with Crippen molar-refractivity contribution in [1.82, 2.24) is 9.80 Å². The number of aliphatic hydroxyl groups is 1. The second-order valence-electron chi connectivity index (χ2n) is 9.79. The molecule has 4 heteroatoms. The van der Waals surface area contributed by atoms with Gasteiger partial charge in [0.15, 0.2) is 0 Å². The van der Waals surface area contributed by atoms with Crippen molar-refractivity contribution in [3.05, 3.63) is 29.8 Å². The summed E-state index contributed by atoms with van der Waals surface area (Å²) in [6, 6.07) is 8.88. The van der Waals surface area contributed by atoms with Gasteiger partial charge in [-0.1, -0.05) is 12.1 Å². The maximum absolute atomic E-state index is 10.3. The van der Waals surface area contributed by atoms with E-state index in [0.29, 0.717) is 18.6 Å². The van der Waals surface area contributed by atoms with E-state index in [1.165, 1.54) is 32.1 Å². The Labute approximate surface area is 163 Å². The summed E-state index contributed by atoms with van der Waals surface area (Å²) in [5.41, 5.74) is 2.02. The van der Waals surface area contributed by atoms with E-state index in [2.05, 4.69) is 41.1 Å². The molecule has 4 bridgehead atoms. The smallest absolute Gasteiger partial charge is 0.119 e. The molecule has 1 aromatic carbocycles. The number of rotatable bonds is 6. The van der Waals surface area contributed by atoms with Gasteiger partial charge >= 0.3 is 0 Å². The normalized spacial score (nSPS) is 37.0. The van der Waals surface area contributed by atoms with Crippen molar-refractivity contribution in [3.63, 3.8) is 0 Å². The second kappa shape index (κ2) is 7.06. The Balaban J connectivity index is 1.15. The van der Waals surface area contributed by atoms with Crippen molar-refractivity contribution >= 4 is 0 Å². The van der Waals surface area contributed by atoms with Crippen molar-refractivity contribution < 1.29 is 9.84 Å². The zero-order chi connectivity index (χ0) is 18.4. The highest BCUT2D eigenvalue weighted by Crippen LogP contribution is 2.65. The van der Waals surface area contributed by atoms with Crippen LogP contribution in [0, 0.1) is 17.8 Å². The molecule has 5 aliphatic rings. The van der Waals surface area contributed by atoms with Crippen LogP contribution in [-0.4, -0.2) is 67.4 Å². The Hall–Kier alpha value is -1.10. The van der Waals surface area contributed by atoms with Crippen LogP contribution in [0.2, 0.25) is 0 Å². The lowest BCUT2D eigenvalue weighted by Crippen LogP contribution is -2.47. The number of likely N-dealkylation sites (N-methyl/N-ethyl adjacent to an activating group) is 1. The lowest BCUT2D eigenvalue weighted by molar-refractivity contribution is 0.0504. The summed E-state index contributed by atoms with van der Waals surface area (Å²) >= 11 is 0. The molecule has 0 amide bonds. The molecule has 1 saturated heterocycles. The van der Waals surface area contributed by atoms with Crippen molar-refractivity contribution in [1.29, 1.82) is 0 Å². The van der Waals surface area contributed by atoms with Gasteiger partial charge in [0.2, 0.25) is 0 Å². The predicted molar refractivity (Wildman–Crippen MR) is 107 cm³/mol. The number of benzene rings is 1. The van der Waals surface area contributed by atoms with Crippen LogP contribution < -0.4 is 4.74 Å². The molecule has 5 fully saturated rings. The molecule has 6 rings (SSSR count). The molecule has 27 heavy (non-hydrogen) atoms. The zero-order valence-electron chi connectivity index (χ0n) is 16.6. The van der Waals surface area contributed by atoms with Gasteiger partial charge in [0, 0.05) is 32.7 Å². The summed E-state index contributed by atoms with van der Waals surface area (Å²) in [5.74, 6) is 3.80. The van der Waals surface area contributed by atoms with Gasteiger partial charge < -0.3 is 14.7 Å². The predicted octanol–water partition coefficient (Wildman–Crippen LogP) is 2.75. The molecule has 1 N–H and O–H groups in total. The first-order valence-corrected chi connectivity index (χ1v) is 10.9. The number of aliphatic hydroxyl groups excluding tert-OH is 1. The van der Waals surface area contributed by atoms with Crippen LogP contribution in [0.4, 0.5) is 0 Å². The van der Waals surface area contributed by atoms with Crippen molar-refractivity contribution in [2.24, 2.45) is 17.8 Å². The highest BCUT2D eigenvalue weighted by Gasteiger charge is 2.58. The minimum atomic E-state index is -0.423. The summed E-state index contributed by atoms with van der Waals surface area (Å²) in [6.07, 6.45) is 6.83. The molecular formula is C23H34N2O2. The number of hydrogen-bond acceptors (Lipinski definition) is 4. The molecule has 0 aromatic heterocycles. The standard InChI is InChI=1S/C23H34N2O2/c1-24-6-8-25(9-7-24)15-21(26)16-27-22-4-2-19(3-5-22)23-13-17-10-18(14-23)12-20(23)11-17/h2-5,17-18,20-21,26H,6-16H2,1H3. The van der Waals surface area contributed by atoms with E-state index in [0.717, 1.165) is 49.7 Å². The number of hydrogen-bond donors (Lipinski definition) is 1. The molecule has 148 valence electrons. The summed E-state index contributed by atoms with van der Waals surface area (Å²) in [5, 5.41) is 10.3. The summed E-state index contributed by atoms with van der Waals surface area (Å²) in [7, 11) is 2.16. The lowest BCUT2D eigenvalue weighted by atomic mass is 9.71. The van der Waals surface area contributed by atoms with Gasteiger partial charge in [-0.15, -0.1) is 0 Å². The highest BCUT2D eigenvalue weighted by molar-refractivity contribution is 5.36. The molecule has 0 spiro atoms. The van der Waals surface area contributed by atoms with Gasteiger partial charge in [-0.3, -0.25) is 4.90 Å². The fourth-order valence-electron chi connectivity index (χ4n) is 6.72. The monoisotopic (exact) mass is 370 g/mol. The first-order chi connectivity index (χ1) is 13.1. The summed E-state index contributed by atoms with van der Waals surface area (Å²) in [6.45, 7) is 5.32. The Kier molecular flexibility index (Phi) is 4.69. The molecule has 4 nitrogen and oxygen atoms in total. The maximum atomic E-state index is 10.3. The van der Waals surface area contributed by atoms with Crippen LogP contribution in [0.1, 0.15) is 37.7 Å². The minimum Gasteiger partial charge on any atom is -0.491 e. The van der Waals surface area contributed by atoms with Gasteiger partial charge in [-0.2, -0.15) is 0 Å². The molecule has 3 atom stereocenters. The maximum Gasteiger partial charge on any atom is 0.119 e. The van der Waals surface area contributed by atoms with Crippen LogP contribution in [0.5, 0.6) is 5.75 Å². The number of β-amino-alcohol motifs (C(OH)–C–C–N with tert-alkyl or cyclic N) is 1. The van der Waals surface area contributed by atoms with Crippen molar-refractivity contribution in [3.8, 4) is 5.75 Å². The molecule has 1 heterocycles. The molecule has 4 aliphatic carbocycles. The van der Waals surface area contributed by atoms with E-state index in [1.807, 2.05) is 0 Å². The third-order valence-corrected chi connectivity index (χ3v) is 7.93. The highest BCUT2D eigenvalue weighted by atomic mass is 16.5. The van der Waals surface area contributed by atoms with Crippen LogP contribution in [-0.2, 0) is 5.41 Å². The fourth-order valence-corrected chi connectivity index (χ4v) is 6.72. The van der Waals surface area contributed by atoms with Gasteiger partial charge in [0.05, 0.1) is 0 Å². The van der Waals surface area contributed by atoms with E-state index >= 15 is 0 Å². The summed E-state index contributed by atoms with van der Waals surface area (Å²) in [4.78, 5) is 4.67. The lowest BCUT2D eigenvalue weighted by Gasteiger charge is -2.34. The quantitative estimate of drug-likeness (QED) is 0.835. The molecular weight excluding hydrogens is 336 g/mol. The van der Waals surface area contributed by atoms with E-state index < -0.39 is 6.10 Å². The first kappa shape index (κ1) is 18.0. The van der Waals surface area contributed by atoms with Crippen LogP contribution in [0.25, 0.3) is 0 Å². The molecule has 4 saturated carbocycles. The third kappa shape index (κ3) is 3.41. The van der Waals surface area contributed by atoms with Crippen LogP contribution >= 0.6 is 0 Å². The first-order valence-electron chi connectivity index (χ1n) is 10.9. The number of nitrogens with zero attached hydrogens (tertiary/aromatic N) is 2. The van der Waals surface area contributed by atoms with Gasteiger partial charge in [0.1, 0.15) is 18.5 Å². The average molecular weight is 371 g/mol. The van der Waals surface area contributed by atoms with Gasteiger partial charge in [-0.05, 0) is 80.0 Å². The van der Waals surface area contributed by atoms with E-state index in [4.69, 9.17) is 4.74 Å². The van der Waals surface area contributed by atoms with E-state index in [-0.39, 0.29) is 0 Å². The zero-order valence-corrected chi connectivity index (χ0v) is 16.6. The molecule has 1 aliphatic heterocycles.